The molecule has 0 saturated carbocycles. The van der Waals surface area contributed by atoms with Crippen LogP contribution in [0.3, 0.4) is 0 Å². The van der Waals surface area contributed by atoms with Gasteiger partial charge in [0.2, 0.25) is 5.91 Å². The molecule has 3 N–H and O–H groups in total. The first-order valence-corrected chi connectivity index (χ1v) is 8.15. The molecule has 0 heterocycles. The number of nitrogens with two attached hydrogens (primary N) is 1. The normalized spacial score (nSPS) is 10.4. The Morgan fingerprint density at radius 2 is 1.72 bits per heavy atom. The number of nitrogens with one attached hydrogen (secondary N) is 1. The summed E-state index contributed by atoms with van der Waals surface area (Å²) in [6, 6.07) is 16.3. The molecule has 0 fully saturated rings. The molecule has 4 nitrogen and oxygen atoms in total. The molecule has 2 aromatic carbocycles. The number of amides is 1. The monoisotopic (exact) mass is 365 g/mol. The third-order valence-corrected chi connectivity index (χ3v) is 3.71. The lowest BCUT2D eigenvalue weighted by Gasteiger charge is -2.21. The highest BCUT2D eigenvalue weighted by Crippen LogP contribution is 2.04. The molecule has 2 rings (SSSR count). The van der Waals surface area contributed by atoms with Gasteiger partial charge in [-0.3, -0.25) is 9.69 Å². The minimum absolute atomic E-state index is 0. The van der Waals surface area contributed by atoms with E-state index in [1.807, 2.05) is 35.2 Å². The van der Waals surface area contributed by atoms with Gasteiger partial charge < -0.3 is 11.1 Å². The first-order valence-electron chi connectivity index (χ1n) is 8.15. The summed E-state index contributed by atoms with van der Waals surface area (Å²) in [6.45, 7) is 2.72. The number of carbonyl (C=O) groups excluding carboxylic acids is 1. The molecule has 2 aromatic rings. The van der Waals surface area contributed by atoms with Crippen LogP contribution in [0.1, 0.15) is 11.1 Å². The van der Waals surface area contributed by atoms with Crippen LogP contribution in [0.15, 0.2) is 54.6 Å². The van der Waals surface area contributed by atoms with E-state index in [-0.39, 0.29) is 24.1 Å². The van der Waals surface area contributed by atoms with E-state index in [1.54, 1.807) is 12.1 Å². The molecule has 6 heteroatoms. The van der Waals surface area contributed by atoms with E-state index in [1.165, 1.54) is 12.1 Å². The molecule has 0 atom stereocenters. The van der Waals surface area contributed by atoms with Crippen LogP contribution in [0.25, 0.3) is 0 Å². The fourth-order valence-corrected chi connectivity index (χ4v) is 2.49. The number of hydrogen-bond donors (Lipinski definition) is 2. The van der Waals surface area contributed by atoms with E-state index in [0.717, 1.165) is 11.1 Å². The topological polar surface area (TPSA) is 58.4 Å². The van der Waals surface area contributed by atoms with Gasteiger partial charge in [-0.05, 0) is 29.7 Å². The molecule has 0 radical (unpaired) electrons. The number of rotatable bonds is 9. The maximum absolute atomic E-state index is 12.8. The van der Waals surface area contributed by atoms with E-state index < -0.39 is 0 Å². The Bertz CT molecular complexity index is 622. The van der Waals surface area contributed by atoms with Crippen LogP contribution in [-0.2, 0) is 17.8 Å². The maximum Gasteiger partial charge on any atom is 0.234 e. The lowest BCUT2D eigenvalue weighted by molar-refractivity contribution is -0.122. The molecule has 1 amide bonds. The van der Waals surface area contributed by atoms with Crippen LogP contribution in [0, 0.1) is 5.82 Å². The van der Waals surface area contributed by atoms with Crippen molar-refractivity contribution in [2.75, 3.05) is 26.2 Å². The molecule has 0 aromatic heterocycles. The van der Waals surface area contributed by atoms with Gasteiger partial charge in [0.1, 0.15) is 5.82 Å². The van der Waals surface area contributed by atoms with Crippen molar-refractivity contribution < 1.29 is 9.18 Å². The van der Waals surface area contributed by atoms with Crippen molar-refractivity contribution in [2.24, 2.45) is 5.73 Å². The van der Waals surface area contributed by atoms with Gasteiger partial charge in [-0.15, -0.1) is 12.4 Å². The highest BCUT2D eigenvalue weighted by Gasteiger charge is 2.10. The molecular weight excluding hydrogens is 341 g/mol. The largest absolute Gasteiger partial charge is 0.355 e. The summed E-state index contributed by atoms with van der Waals surface area (Å²) in [4.78, 5) is 14.1. The van der Waals surface area contributed by atoms with Crippen molar-refractivity contribution in [3.8, 4) is 0 Å². The van der Waals surface area contributed by atoms with Crippen LogP contribution in [-0.4, -0.2) is 37.0 Å². The second-order valence-corrected chi connectivity index (χ2v) is 5.71. The SMILES string of the molecule is Cl.NCCN(CC(=O)NCCc1ccc(F)cc1)Cc1ccccc1. The molecule has 0 bridgehead atoms. The van der Waals surface area contributed by atoms with Gasteiger partial charge in [0.05, 0.1) is 6.54 Å². The van der Waals surface area contributed by atoms with Gasteiger partial charge in [-0.1, -0.05) is 42.5 Å². The summed E-state index contributed by atoms with van der Waals surface area (Å²) in [5.41, 5.74) is 7.80. The maximum atomic E-state index is 12.8. The van der Waals surface area contributed by atoms with Gasteiger partial charge in [0.15, 0.2) is 0 Å². The Balaban J connectivity index is 0.00000312. The van der Waals surface area contributed by atoms with E-state index >= 15 is 0 Å². The Kier molecular flexibility index (Phi) is 9.77. The van der Waals surface area contributed by atoms with Crippen molar-refractivity contribution in [3.63, 3.8) is 0 Å². The summed E-state index contributed by atoms with van der Waals surface area (Å²) in [6.07, 6.45) is 0.682. The van der Waals surface area contributed by atoms with Gasteiger partial charge in [-0.25, -0.2) is 4.39 Å². The zero-order chi connectivity index (χ0) is 17.2. The van der Waals surface area contributed by atoms with Crippen molar-refractivity contribution >= 4 is 18.3 Å². The molecular formula is C19H25ClFN3O. The Labute approximate surface area is 154 Å². The molecule has 136 valence electrons. The van der Waals surface area contributed by atoms with Crippen LogP contribution < -0.4 is 11.1 Å². The van der Waals surface area contributed by atoms with E-state index in [9.17, 15) is 9.18 Å². The molecule has 0 aliphatic carbocycles. The summed E-state index contributed by atoms with van der Waals surface area (Å²) in [7, 11) is 0. The highest BCUT2D eigenvalue weighted by atomic mass is 35.5. The van der Waals surface area contributed by atoms with Crippen molar-refractivity contribution in [1.29, 1.82) is 0 Å². The van der Waals surface area contributed by atoms with E-state index in [0.29, 0.717) is 39.1 Å². The summed E-state index contributed by atoms with van der Waals surface area (Å²) < 4.78 is 12.8. The fraction of sp³-hybridized carbons (Fsp3) is 0.316. The second kappa shape index (κ2) is 11.6. The number of nitrogens with zero attached hydrogens (tertiary/aromatic N) is 1. The van der Waals surface area contributed by atoms with Gasteiger partial charge in [-0.2, -0.15) is 0 Å². The Morgan fingerprint density at radius 3 is 2.36 bits per heavy atom. The van der Waals surface area contributed by atoms with E-state index in [4.69, 9.17) is 5.73 Å². The fourth-order valence-electron chi connectivity index (χ4n) is 2.49. The summed E-state index contributed by atoms with van der Waals surface area (Å²) in [5.74, 6) is -0.275. The van der Waals surface area contributed by atoms with Gasteiger partial charge >= 0.3 is 0 Å². The minimum atomic E-state index is -0.249. The molecule has 0 spiro atoms. The summed E-state index contributed by atoms with van der Waals surface area (Å²) >= 11 is 0. The van der Waals surface area contributed by atoms with Crippen molar-refractivity contribution in [1.82, 2.24) is 10.2 Å². The molecule has 25 heavy (non-hydrogen) atoms. The Hall–Kier alpha value is -1.95. The first kappa shape index (κ1) is 21.1. The minimum Gasteiger partial charge on any atom is -0.355 e. The number of carbonyl (C=O) groups is 1. The van der Waals surface area contributed by atoms with Gasteiger partial charge in [0, 0.05) is 26.2 Å². The second-order valence-electron chi connectivity index (χ2n) is 5.71. The highest BCUT2D eigenvalue weighted by molar-refractivity contribution is 5.85. The van der Waals surface area contributed by atoms with Crippen LogP contribution >= 0.6 is 12.4 Å². The third kappa shape index (κ3) is 8.12. The molecule has 0 aliphatic rings. The van der Waals surface area contributed by atoms with Crippen LogP contribution in [0.5, 0.6) is 0 Å². The van der Waals surface area contributed by atoms with Crippen molar-refractivity contribution in [2.45, 2.75) is 13.0 Å². The van der Waals surface area contributed by atoms with Crippen LogP contribution in [0.4, 0.5) is 4.39 Å². The summed E-state index contributed by atoms with van der Waals surface area (Å²) in [5, 5.41) is 2.91. The number of benzene rings is 2. The lowest BCUT2D eigenvalue weighted by Crippen LogP contribution is -2.39. The number of halogens is 2. The zero-order valence-electron chi connectivity index (χ0n) is 14.2. The predicted octanol–water partition coefficient (Wildman–Crippen LogP) is 2.37. The zero-order valence-corrected chi connectivity index (χ0v) is 15.0. The molecule has 0 unspecified atom stereocenters. The van der Waals surface area contributed by atoms with Gasteiger partial charge in [0.25, 0.3) is 0 Å². The predicted molar refractivity (Wildman–Crippen MR) is 101 cm³/mol. The molecule has 0 saturated heterocycles. The molecule has 0 aliphatic heterocycles. The average molecular weight is 366 g/mol. The third-order valence-electron chi connectivity index (χ3n) is 3.71. The van der Waals surface area contributed by atoms with E-state index in [2.05, 4.69) is 5.32 Å². The van der Waals surface area contributed by atoms with Crippen LogP contribution in [0.2, 0.25) is 0 Å². The average Bonchev–Trinajstić information content (AvgIpc) is 2.58. The van der Waals surface area contributed by atoms with Crippen molar-refractivity contribution in [3.05, 3.63) is 71.5 Å². The Morgan fingerprint density at radius 1 is 1.04 bits per heavy atom. The lowest BCUT2D eigenvalue weighted by atomic mass is 10.1. The number of hydrogen-bond acceptors (Lipinski definition) is 3. The first-order chi connectivity index (χ1) is 11.7. The standard InChI is InChI=1S/C19H24FN3O.ClH/c20-18-8-6-16(7-9-18)10-12-22-19(24)15-23(13-11-21)14-17-4-2-1-3-5-17;/h1-9H,10-15,21H2,(H,22,24);1H. The quantitative estimate of drug-likeness (QED) is 0.717. The smallest absolute Gasteiger partial charge is 0.234 e.